The van der Waals surface area contributed by atoms with Crippen LogP contribution in [0.25, 0.3) is 0 Å². The maximum absolute atomic E-state index is 12.4. The van der Waals surface area contributed by atoms with Crippen molar-refractivity contribution in [3.05, 3.63) is 29.8 Å². The van der Waals surface area contributed by atoms with E-state index < -0.39 is 37.8 Å². The first-order chi connectivity index (χ1) is 11.3. The lowest BCUT2D eigenvalue weighted by atomic mass is 9.84. The maximum atomic E-state index is 12.4. The summed E-state index contributed by atoms with van der Waals surface area (Å²) in [5, 5.41) is 9.74. The van der Waals surface area contributed by atoms with Gasteiger partial charge in [-0.25, -0.2) is 21.6 Å². The van der Waals surface area contributed by atoms with Crippen molar-refractivity contribution in [3.63, 3.8) is 0 Å². The third-order valence-electron chi connectivity index (χ3n) is 4.90. The summed E-state index contributed by atoms with van der Waals surface area (Å²) in [6, 6.07) is 5.81. The van der Waals surface area contributed by atoms with Gasteiger partial charge in [0.05, 0.1) is 28.5 Å². The zero-order valence-electron chi connectivity index (χ0n) is 13.4. The van der Waals surface area contributed by atoms with Gasteiger partial charge < -0.3 is 5.11 Å². The molecule has 6 nitrogen and oxygen atoms in total. The van der Waals surface area contributed by atoms with Crippen LogP contribution in [0.5, 0.6) is 0 Å². The molecule has 1 aliphatic heterocycles. The van der Waals surface area contributed by atoms with Gasteiger partial charge in [-0.1, -0.05) is 31.4 Å². The first kappa shape index (κ1) is 17.8. The molecule has 8 heteroatoms. The fraction of sp³-hybridized carbons (Fsp3) is 0.625. The van der Waals surface area contributed by atoms with Crippen molar-refractivity contribution >= 4 is 19.9 Å². The maximum Gasteiger partial charge on any atom is 0.240 e. The minimum Gasteiger partial charge on any atom is -0.390 e. The van der Waals surface area contributed by atoms with E-state index in [9.17, 15) is 21.9 Å². The number of sulfonamides is 1. The zero-order valence-corrected chi connectivity index (χ0v) is 15.0. The molecule has 1 saturated heterocycles. The second kappa shape index (κ2) is 6.74. The molecular formula is C16H23NO5S2. The number of rotatable bonds is 4. The summed E-state index contributed by atoms with van der Waals surface area (Å²) in [6.45, 7) is 0. The smallest absolute Gasteiger partial charge is 0.240 e. The van der Waals surface area contributed by atoms with Crippen molar-refractivity contribution < 1.29 is 21.9 Å². The minimum atomic E-state index is -3.85. The Labute approximate surface area is 143 Å². The largest absolute Gasteiger partial charge is 0.390 e. The summed E-state index contributed by atoms with van der Waals surface area (Å²) in [7, 11) is -7.25. The molecule has 0 bridgehead atoms. The van der Waals surface area contributed by atoms with Crippen LogP contribution in [0, 0.1) is 0 Å². The first-order valence-corrected chi connectivity index (χ1v) is 11.6. The molecule has 1 saturated carbocycles. The number of nitrogens with one attached hydrogen (secondary N) is 1. The lowest BCUT2D eigenvalue weighted by Gasteiger charge is -2.22. The number of hydrogen-bond acceptors (Lipinski definition) is 5. The highest BCUT2D eigenvalue weighted by Crippen LogP contribution is 2.32. The van der Waals surface area contributed by atoms with Crippen molar-refractivity contribution in [3.8, 4) is 0 Å². The molecule has 1 aromatic rings. The van der Waals surface area contributed by atoms with Gasteiger partial charge in [0.15, 0.2) is 9.84 Å². The summed E-state index contributed by atoms with van der Waals surface area (Å²) in [5.41, 5.74) is 1.15. The average molecular weight is 373 g/mol. The van der Waals surface area contributed by atoms with Gasteiger partial charge in [-0.05, 0) is 36.5 Å². The van der Waals surface area contributed by atoms with Crippen LogP contribution in [0.15, 0.2) is 29.2 Å². The Balaban J connectivity index is 1.73. The Bertz CT molecular complexity index is 780. The van der Waals surface area contributed by atoms with Gasteiger partial charge in [-0.3, -0.25) is 0 Å². The van der Waals surface area contributed by atoms with Gasteiger partial charge in [0.1, 0.15) is 0 Å². The predicted molar refractivity (Wildman–Crippen MR) is 91.0 cm³/mol. The minimum absolute atomic E-state index is 0.0959. The quantitative estimate of drug-likeness (QED) is 0.825. The van der Waals surface area contributed by atoms with Crippen LogP contribution < -0.4 is 4.72 Å². The molecule has 3 rings (SSSR count). The highest BCUT2D eigenvalue weighted by atomic mass is 32.2. The first-order valence-electron chi connectivity index (χ1n) is 8.28. The van der Waals surface area contributed by atoms with E-state index in [-0.39, 0.29) is 10.6 Å². The Morgan fingerprint density at radius 1 is 1.00 bits per heavy atom. The number of aliphatic hydroxyl groups excluding tert-OH is 1. The summed E-state index contributed by atoms with van der Waals surface area (Å²) in [4.78, 5) is 0.0959. The Kier molecular flexibility index (Phi) is 5.01. The van der Waals surface area contributed by atoms with E-state index in [0.717, 1.165) is 18.4 Å². The normalized spacial score (nSPS) is 28.0. The second-order valence-corrected chi connectivity index (χ2v) is 10.6. The second-order valence-electron chi connectivity index (χ2n) is 6.78. The van der Waals surface area contributed by atoms with Gasteiger partial charge in [-0.15, -0.1) is 0 Å². The van der Waals surface area contributed by atoms with Crippen molar-refractivity contribution in [2.45, 2.75) is 55.1 Å². The molecule has 1 aromatic carbocycles. The van der Waals surface area contributed by atoms with Crippen LogP contribution in [0.4, 0.5) is 0 Å². The van der Waals surface area contributed by atoms with Crippen LogP contribution >= 0.6 is 0 Å². The summed E-state index contributed by atoms with van der Waals surface area (Å²) in [6.07, 6.45) is 4.75. The molecule has 24 heavy (non-hydrogen) atoms. The molecule has 0 spiro atoms. The van der Waals surface area contributed by atoms with E-state index in [1.807, 2.05) is 12.1 Å². The van der Waals surface area contributed by atoms with Gasteiger partial charge in [0.25, 0.3) is 0 Å². The standard InChI is InChI=1S/C16H23NO5S2/c18-16-11-23(19,20)10-15(16)17-24(21,22)14-8-6-13(7-9-14)12-4-2-1-3-5-12/h6-9,12,15-18H,1-5,10-11H2/t15-,16+/m1/s1. The molecule has 1 aliphatic carbocycles. The third-order valence-corrected chi connectivity index (χ3v) is 8.12. The highest BCUT2D eigenvalue weighted by Gasteiger charge is 2.38. The van der Waals surface area contributed by atoms with E-state index in [1.165, 1.54) is 19.3 Å². The molecule has 0 unspecified atom stereocenters. The molecule has 134 valence electrons. The molecule has 0 aromatic heterocycles. The highest BCUT2D eigenvalue weighted by molar-refractivity contribution is 7.92. The monoisotopic (exact) mass is 373 g/mol. The van der Waals surface area contributed by atoms with E-state index in [0.29, 0.717) is 5.92 Å². The SMILES string of the molecule is O=S1(=O)C[C@H](O)[C@H](NS(=O)(=O)c2ccc(C3CCCCC3)cc2)C1. The molecule has 0 radical (unpaired) electrons. The van der Waals surface area contributed by atoms with Crippen LogP contribution in [0.1, 0.15) is 43.6 Å². The summed E-state index contributed by atoms with van der Waals surface area (Å²) < 4.78 is 50.1. The molecule has 2 aliphatic rings. The number of aliphatic hydroxyl groups is 1. The lowest BCUT2D eigenvalue weighted by Crippen LogP contribution is -2.42. The fourth-order valence-electron chi connectivity index (χ4n) is 3.56. The average Bonchev–Trinajstić information content (AvgIpc) is 2.79. The van der Waals surface area contributed by atoms with Crippen molar-refractivity contribution in [1.82, 2.24) is 4.72 Å². The Hall–Kier alpha value is -0.960. The fourth-order valence-corrected chi connectivity index (χ4v) is 6.68. The molecule has 2 atom stereocenters. The van der Waals surface area contributed by atoms with Crippen molar-refractivity contribution in [2.24, 2.45) is 0 Å². The number of hydrogen-bond donors (Lipinski definition) is 2. The van der Waals surface area contributed by atoms with Crippen LogP contribution in [0.3, 0.4) is 0 Å². The summed E-state index contributed by atoms with van der Waals surface area (Å²) in [5.74, 6) is -0.279. The Morgan fingerprint density at radius 2 is 1.62 bits per heavy atom. The van der Waals surface area contributed by atoms with Crippen LogP contribution in [-0.2, 0) is 19.9 Å². The van der Waals surface area contributed by atoms with Crippen molar-refractivity contribution in [1.29, 1.82) is 0 Å². The molecular weight excluding hydrogens is 350 g/mol. The topological polar surface area (TPSA) is 101 Å². The summed E-state index contributed by atoms with van der Waals surface area (Å²) >= 11 is 0. The van der Waals surface area contributed by atoms with Gasteiger partial charge in [0.2, 0.25) is 10.0 Å². The van der Waals surface area contributed by atoms with Gasteiger partial charge in [0, 0.05) is 0 Å². The predicted octanol–water partition coefficient (Wildman–Crippen LogP) is 1.17. The number of benzene rings is 1. The zero-order chi connectivity index (χ0) is 17.4. The third kappa shape index (κ3) is 3.99. The van der Waals surface area contributed by atoms with Crippen molar-refractivity contribution in [2.75, 3.05) is 11.5 Å². The van der Waals surface area contributed by atoms with Crippen LogP contribution in [0.2, 0.25) is 0 Å². The number of sulfone groups is 1. The van der Waals surface area contributed by atoms with Gasteiger partial charge >= 0.3 is 0 Å². The molecule has 2 fully saturated rings. The molecule has 1 heterocycles. The van der Waals surface area contributed by atoms with E-state index in [4.69, 9.17) is 0 Å². The lowest BCUT2D eigenvalue weighted by molar-refractivity contribution is 0.176. The molecule has 2 N–H and O–H groups in total. The van der Waals surface area contributed by atoms with E-state index >= 15 is 0 Å². The van der Waals surface area contributed by atoms with Crippen LogP contribution in [-0.4, -0.2) is 45.6 Å². The Morgan fingerprint density at radius 3 is 2.17 bits per heavy atom. The van der Waals surface area contributed by atoms with Gasteiger partial charge in [-0.2, -0.15) is 0 Å². The van der Waals surface area contributed by atoms with E-state index in [2.05, 4.69) is 4.72 Å². The molecule has 0 amide bonds. The van der Waals surface area contributed by atoms with E-state index in [1.54, 1.807) is 12.1 Å².